The Balaban J connectivity index is 1.75. The van der Waals surface area contributed by atoms with E-state index in [1.165, 1.54) is 17.3 Å². The second-order valence-corrected chi connectivity index (χ2v) is 8.09. The van der Waals surface area contributed by atoms with E-state index in [0.29, 0.717) is 11.4 Å². The molecule has 5 heteroatoms. The van der Waals surface area contributed by atoms with Crippen molar-refractivity contribution >= 4 is 45.5 Å². The molecule has 1 amide bonds. The molecule has 4 nitrogen and oxygen atoms in total. The molecule has 1 aromatic heterocycles. The maximum Gasteiger partial charge on any atom is 0.266 e. The summed E-state index contributed by atoms with van der Waals surface area (Å²) < 4.78 is 2.16. The summed E-state index contributed by atoms with van der Waals surface area (Å²) in [5.74, 6) is 0.00998. The number of nitrogens with zero attached hydrogens (tertiary/aromatic N) is 3. The highest BCUT2D eigenvalue weighted by atomic mass is 32.2. The van der Waals surface area contributed by atoms with Gasteiger partial charge in [0.25, 0.3) is 5.91 Å². The van der Waals surface area contributed by atoms with Gasteiger partial charge in [0.2, 0.25) is 0 Å². The van der Waals surface area contributed by atoms with E-state index in [1.807, 2.05) is 49.4 Å². The topological polar surface area (TPSA) is 37.6 Å². The van der Waals surface area contributed by atoms with Crippen LogP contribution in [0.3, 0.4) is 0 Å². The van der Waals surface area contributed by atoms with Gasteiger partial charge in [0, 0.05) is 35.8 Å². The average Bonchev–Trinajstić information content (AvgIpc) is 3.26. The van der Waals surface area contributed by atoms with Gasteiger partial charge in [-0.1, -0.05) is 49.4 Å². The van der Waals surface area contributed by atoms with Crippen molar-refractivity contribution in [3.8, 4) is 0 Å². The molecule has 0 aliphatic carbocycles. The summed E-state index contributed by atoms with van der Waals surface area (Å²) in [5, 5.41) is 1.87. The number of hydrogen-bond acceptors (Lipinski definition) is 3. The van der Waals surface area contributed by atoms with Crippen molar-refractivity contribution < 1.29 is 4.79 Å². The first kappa shape index (κ1) is 20.2. The number of aromatic nitrogens is 1. The molecule has 1 aliphatic heterocycles. The highest BCUT2D eigenvalue weighted by Crippen LogP contribution is 2.36. The molecule has 152 valence electrons. The minimum Gasteiger partial charge on any atom is -0.343 e. The van der Waals surface area contributed by atoms with Gasteiger partial charge >= 0.3 is 0 Å². The first-order chi connectivity index (χ1) is 14.7. The lowest BCUT2D eigenvalue weighted by Crippen LogP contribution is -2.28. The SMILES string of the molecule is C=CCn1cc(/C=C2/SC(=Nc3ccccc3CC)N(CC)C2=O)c2ccccc21. The molecule has 1 saturated heterocycles. The summed E-state index contributed by atoms with van der Waals surface area (Å²) in [7, 11) is 0. The number of carbonyl (C=O) groups excluding carboxylic acids is 1. The minimum absolute atomic E-state index is 0.00998. The predicted molar refractivity (Wildman–Crippen MR) is 128 cm³/mol. The molecule has 0 saturated carbocycles. The van der Waals surface area contributed by atoms with Crippen LogP contribution in [0.25, 0.3) is 17.0 Å². The Hall–Kier alpha value is -3.05. The summed E-state index contributed by atoms with van der Waals surface area (Å²) in [4.78, 5) is 20.4. The zero-order valence-electron chi connectivity index (χ0n) is 17.3. The van der Waals surface area contributed by atoms with Crippen LogP contribution in [0.15, 0.2) is 77.3 Å². The van der Waals surface area contributed by atoms with Crippen molar-refractivity contribution in [1.82, 2.24) is 9.47 Å². The number of para-hydroxylation sites is 2. The van der Waals surface area contributed by atoms with Crippen LogP contribution >= 0.6 is 11.8 Å². The first-order valence-corrected chi connectivity index (χ1v) is 11.0. The Kier molecular flexibility index (Phi) is 5.91. The third kappa shape index (κ3) is 3.73. The van der Waals surface area contributed by atoms with Crippen molar-refractivity contribution in [2.45, 2.75) is 26.8 Å². The quantitative estimate of drug-likeness (QED) is 0.365. The van der Waals surface area contributed by atoms with Crippen LogP contribution in [-0.4, -0.2) is 27.1 Å². The van der Waals surface area contributed by atoms with Gasteiger partial charge in [-0.05, 0) is 48.9 Å². The van der Waals surface area contributed by atoms with Crippen molar-refractivity contribution in [1.29, 1.82) is 0 Å². The lowest BCUT2D eigenvalue weighted by molar-refractivity contribution is -0.122. The fourth-order valence-electron chi connectivity index (χ4n) is 3.71. The Labute approximate surface area is 181 Å². The van der Waals surface area contributed by atoms with Crippen molar-refractivity contribution in [3.05, 3.63) is 83.4 Å². The lowest BCUT2D eigenvalue weighted by atomic mass is 10.1. The third-order valence-electron chi connectivity index (χ3n) is 5.22. The van der Waals surface area contributed by atoms with E-state index < -0.39 is 0 Å². The normalized spacial score (nSPS) is 16.9. The maximum absolute atomic E-state index is 13.1. The van der Waals surface area contributed by atoms with Crippen LogP contribution in [0.1, 0.15) is 25.0 Å². The summed E-state index contributed by atoms with van der Waals surface area (Å²) in [5.41, 5.74) is 4.28. The van der Waals surface area contributed by atoms with Gasteiger partial charge in [0.1, 0.15) is 0 Å². The van der Waals surface area contributed by atoms with Crippen LogP contribution in [0.2, 0.25) is 0 Å². The Bertz CT molecular complexity index is 1170. The lowest BCUT2D eigenvalue weighted by Gasteiger charge is -2.12. The van der Waals surface area contributed by atoms with E-state index in [9.17, 15) is 4.79 Å². The number of aryl methyl sites for hydroxylation is 1. The molecule has 3 aromatic rings. The van der Waals surface area contributed by atoms with Crippen LogP contribution < -0.4 is 0 Å². The molecular weight excluding hydrogens is 390 g/mol. The molecule has 0 bridgehead atoms. The molecule has 0 unspecified atom stereocenters. The van der Waals surface area contributed by atoms with E-state index >= 15 is 0 Å². The fourth-order valence-corrected chi connectivity index (χ4v) is 4.76. The summed E-state index contributed by atoms with van der Waals surface area (Å²) >= 11 is 1.45. The third-order valence-corrected chi connectivity index (χ3v) is 6.23. The van der Waals surface area contributed by atoms with Gasteiger partial charge in [-0.25, -0.2) is 4.99 Å². The molecule has 4 rings (SSSR count). The van der Waals surface area contributed by atoms with E-state index in [4.69, 9.17) is 4.99 Å². The smallest absolute Gasteiger partial charge is 0.266 e. The number of fused-ring (bicyclic) bond motifs is 1. The zero-order chi connectivity index (χ0) is 21.1. The van der Waals surface area contributed by atoms with Gasteiger partial charge in [-0.3, -0.25) is 9.69 Å². The number of amidine groups is 1. The summed E-state index contributed by atoms with van der Waals surface area (Å²) in [6.45, 7) is 9.28. The molecule has 0 N–H and O–H groups in total. The number of carbonyl (C=O) groups is 1. The predicted octanol–water partition coefficient (Wildman–Crippen LogP) is 6.01. The molecule has 30 heavy (non-hydrogen) atoms. The number of amides is 1. The number of likely N-dealkylation sites (N-methyl/N-ethyl adjacent to an activating group) is 1. The first-order valence-electron chi connectivity index (χ1n) is 10.2. The van der Waals surface area contributed by atoms with Gasteiger partial charge in [0.15, 0.2) is 5.17 Å². The molecule has 1 aliphatic rings. The molecule has 0 spiro atoms. The van der Waals surface area contributed by atoms with Gasteiger partial charge in [0.05, 0.1) is 10.6 Å². The monoisotopic (exact) mass is 415 g/mol. The maximum atomic E-state index is 13.1. The van der Waals surface area contributed by atoms with Crippen molar-refractivity contribution in [2.75, 3.05) is 6.54 Å². The van der Waals surface area contributed by atoms with Crippen LogP contribution in [0.5, 0.6) is 0 Å². The standard InChI is InChI=1S/C25H25N3OS/c1-4-15-27-17-19(20-12-8-10-14-22(20)27)16-23-24(29)28(6-3)25(30-23)26-21-13-9-7-11-18(21)5-2/h4,7-14,16-17H,1,5-6,15H2,2-3H3/b23-16+,26-25?. The molecule has 2 heterocycles. The number of aliphatic imine (C=N–C) groups is 1. The highest BCUT2D eigenvalue weighted by Gasteiger charge is 2.32. The average molecular weight is 416 g/mol. The van der Waals surface area contributed by atoms with E-state index in [0.717, 1.165) is 40.3 Å². The number of benzene rings is 2. The van der Waals surface area contributed by atoms with Gasteiger partial charge in [-0.15, -0.1) is 6.58 Å². The number of thioether (sulfide) groups is 1. The minimum atomic E-state index is 0.00998. The van der Waals surface area contributed by atoms with Crippen LogP contribution in [0.4, 0.5) is 5.69 Å². The zero-order valence-corrected chi connectivity index (χ0v) is 18.2. The van der Waals surface area contributed by atoms with E-state index in [1.54, 1.807) is 4.90 Å². The second kappa shape index (κ2) is 8.76. The number of allylic oxidation sites excluding steroid dienone is 1. The van der Waals surface area contributed by atoms with E-state index in [2.05, 4.69) is 42.5 Å². The molecule has 2 aromatic carbocycles. The Morgan fingerprint density at radius 2 is 1.87 bits per heavy atom. The summed E-state index contributed by atoms with van der Waals surface area (Å²) in [6, 6.07) is 16.4. The number of rotatable bonds is 6. The summed E-state index contributed by atoms with van der Waals surface area (Å²) in [6.07, 6.45) is 6.87. The molecular formula is C25H25N3OS. The van der Waals surface area contributed by atoms with Crippen molar-refractivity contribution in [3.63, 3.8) is 0 Å². The Morgan fingerprint density at radius 1 is 1.10 bits per heavy atom. The van der Waals surface area contributed by atoms with Gasteiger partial charge in [-0.2, -0.15) is 0 Å². The second-order valence-electron chi connectivity index (χ2n) is 7.08. The molecule has 1 fully saturated rings. The largest absolute Gasteiger partial charge is 0.343 e. The highest BCUT2D eigenvalue weighted by molar-refractivity contribution is 8.18. The Morgan fingerprint density at radius 3 is 2.63 bits per heavy atom. The van der Waals surface area contributed by atoms with Crippen LogP contribution in [-0.2, 0) is 17.8 Å². The number of hydrogen-bond donors (Lipinski definition) is 0. The van der Waals surface area contributed by atoms with Crippen molar-refractivity contribution in [2.24, 2.45) is 4.99 Å². The fraction of sp³-hybridized carbons (Fsp3) is 0.200. The van der Waals surface area contributed by atoms with Gasteiger partial charge < -0.3 is 4.57 Å². The molecule has 0 radical (unpaired) electrons. The van der Waals surface area contributed by atoms with Crippen LogP contribution in [0, 0.1) is 0 Å². The molecule has 0 atom stereocenters. The van der Waals surface area contributed by atoms with E-state index in [-0.39, 0.29) is 5.91 Å².